The van der Waals surface area contributed by atoms with E-state index < -0.39 is 0 Å². The van der Waals surface area contributed by atoms with Crippen molar-refractivity contribution in [3.8, 4) is 62.1 Å². The second kappa shape index (κ2) is 15.2. The van der Waals surface area contributed by atoms with Crippen molar-refractivity contribution in [2.24, 2.45) is 0 Å². The second-order valence-electron chi connectivity index (χ2n) is 17.6. The first-order valence-corrected chi connectivity index (χ1v) is 23.0. The van der Waals surface area contributed by atoms with Gasteiger partial charge in [0.1, 0.15) is 11.2 Å². The van der Waals surface area contributed by atoms with E-state index in [1.165, 1.54) is 43.4 Å². The van der Waals surface area contributed by atoms with Gasteiger partial charge in [-0.1, -0.05) is 176 Å². The molecular weight excluding hydrogens is 829 g/mol. The highest BCUT2D eigenvalue weighted by atomic mass is 16.3. The summed E-state index contributed by atoms with van der Waals surface area (Å²) in [5.41, 5.74) is 12.2. The normalized spacial score (nSPS) is 11.8. The zero-order valence-electron chi connectivity index (χ0n) is 36.6. The molecule has 3 aromatic heterocycles. The van der Waals surface area contributed by atoms with Gasteiger partial charge in [0.05, 0.1) is 11.0 Å². The van der Waals surface area contributed by atoms with Crippen LogP contribution in [-0.4, -0.2) is 19.5 Å². The standard InChI is InChI=1S/C63H38N4O/c1-3-13-39(14-4-1)43-20-11-22-47(33-43)61-64-62(48-23-12-21-44(34-48)40-15-5-2-6-16-40)66-63(65-61)49-27-31-53-58(37-49)68-57-32-28-42-25-29-50(38-54(42)59(53)57)67-56-36-46-19-8-7-18-45(46)35-55(56)52-30-26-41-17-9-10-24-51(41)60(52)67/h1-38H. The molecule has 0 atom stereocenters. The van der Waals surface area contributed by atoms with Crippen molar-refractivity contribution in [1.29, 1.82) is 0 Å². The minimum atomic E-state index is 0.570. The summed E-state index contributed by atoms with van der Waals surface area (Å²) in [5.74, 6) is 1.77. The molecule has 0 aliphatic rings. The minimum absolute atomic E-state index is 0.570. The number of hydrogen-bond donors (Lipinski definition) is 0. The zero-order valence-corrected chi connectivity index (χ0v) is 36.6. The summed E-state index contributed by atoms with van der Waals surface area (Å²) < 4.78 is 9.24. The third-order valence-corrected chi connectivity index (χ3v) is 13.6. The van der Waals surface area contributed by atoms with Crippen LogP contribution in [0.25, 0.3) is 138 Å². The van der Waals surface area contributed by atoms with E-state index in [2.05, 4.69) is 223 Å². The van der Waals surface area contributed by atoms with Gasteiger partial charge in [0.25, 0.3) is 0 Å². The molecule has 0 aliphatic carbocycles. The van der Waals surface area contributed by atoms with Gasteiger partial charge in [0, 0.05) is 49.3 Å². The Balaban J connectivity index is 0.943. The Labute approximate surface area is 390 Å². The molecule has 0 bridgehead atoms. The number of aromatic nitrogens is 4. The Kier molecular flexibility index (Phi) is 8.52. The fourth-order valence-corrected chi connectivity index (χ4v) is 10.3. The van der Waals surface area contributed by atoms with Crippen LogP contribution in [0.2, 0.25) is 0 Å². The molecule has 316 valence electrons. The first kappa shape index (κ1) is 38.1. The summed E-state index contributed by atoms with van der Waals surface area (Å²) in [6.45, 7) is 0. The Hall–Kier alpha value is -9.19. The maximum atomic E-state index is 6.78. The lowest BCUT2D eigenvalue weighted by Crippen LogP contribution is -2.00. The van der Waals surface area contributed by atoms with Gasteiger partial charge in [-0.2, -0.15) is 0 Å². The van der Waals surface area contributed by atoms with E-state index >= 15 is 0 Å². The molecule has 5 nitrogen and oxygen atoms in total. The topological polar surface area (TPSA) is 56.7 Å². The van der Waals surface area contributed by atoms with Crippen LogP contribution in [0, 0.1) is 0 Å². The molecule has 5 heteroatoms. The molecule has 3 heterocycles. The highest BCUT2D eigenvalue weighted by molar-refractivity contribution is 6.22. The van der Waals surface area contributed by atoms with Gasteiger partial charge < -0.3 is 8.98 Å². The molecule has 68 heavy (non-hydrogen) atoms. The highest BCUT2D eigenvalue weighted by Gasteiger charge is 2.20. The molecule has 0 saturated carbocycles. The van der Waals surface area contributed by atoms with Gasteiger partial charge in [-0.25, -0.2) is 15.0 Å². The number of rotatable bonds is 6. The number of nitrogens with zero attached hydrogens (tertiary/aromatic N) is 4. The monoisotopic (exact) mass is 866 g/mol. The van der Waals surface area contributed by atoms with E-state index in [1.807, 2.05) is 12.1 Å². The van der Waals surface area contributed by atoms with Gasteiger partial charge >= 0.3 is 0 Å². The lowest BCUT2D eigenvalue weighted by Gasteiger charge is -2.12. The molecule has 0 saturated heterocycles. The van der Waals surface area contributed by atoms with Crippen molar-refractivity contribution in [2.75, 3.05) is 0 Å². The van der Waals surface area contributed by atoms with Crippen LogP contribution in [0.4, 0.5) is 0 Å². The molecule has 0 fully saturated rings. The van der Waals surface area contributed by atoms with Crippen LogP contribution in [-0.2, 0) is 0 Å². The van der Waals surface area contributed by atoms with Gasteiger partial charge in [-0.3, -0.25) is 0 Å². The van der Waals surface area contributed by atoms with Gasteiger partial charge in [-0.15, -0.1) is 0 Å². The molecule has 0 spiro atoms. The van der Waals surface area contributed by atoms with Crippen molar-refractivity contribution < 1.29 is 4.42 Å². The average molecular weight is 867 g/mol. The third kappa shape index (κ3) is 6.21. The van der Waals surface area contributed by atoms with E-state index in [9.17, 15) is 0 Å². The van der Waals surface area contributed by atoms with Crippen molar-refractivity contribution >= 4 is 76.1 Å². The summed E-state index contributed by atoms with van der Waals surface area (Å²) in [6, 6.07) is 81.7. The molecule has 0 aliphatic heterocycles. The van der Waals surface area contributed by atoms with Crippen molar-refractivity contribution in [2.45, 2.75) is 0 Å². The Bertz CT molecular complexity index is 4220. The highest BCUT2D eigenvalue weighted by Crippen LogP contribution is 2.42. The van der Waals surface area contributed by atoms with E-state index in [0.29, 0.717) is 17.5 Å². The van der Waals surface area contributed by atoms with Crippen molar-refractivity contribution in [3.05, 3.63) is 231 Å². The molecule has 0 amide bonds. The van der Waals surface area contributed by atoms with E-state index in [0.717, 1.165) is 77.3 Å². The lowest BCUT2D eigenvalue weighted by molar-refractivity contribution is 0.669. The number of hydrogen-bond acceptors (Lipinski definition) is 4. The largest absolute Gasteiger partial charge is 0.456 e. The Morgan fingerprint density at radius 1 is 0.294 bits per heavy atom. The minimum Gasteiger partial charge on any atom is -0.456 e. The van der Waals surface area contributed by atoms with Crippen molar-refractivity contribution in [3.63, 3.8) is 0 Å². The fraction of sp³-hybridized carbons (Fsp3) is 0. The summed E-state index contributed by atoms with van der Waals surface area (Å²) in [4.78, 5) is 15.5. The molecular formula is C63H38N4O. The predicted octanol–water partition coefficient (Wildman–Crippen LogP) is 16.7. The van der Waals surface area contributed by atoms with Crippen LogP contribution >= 0.6 is 0 Å². The number of furan rings is 1. The number of benzene rings is 11. The smallest absolute Gasteiger partial charge is 0.164 e. The third-order valence-electron chi connectivity index (χ3n) is 13.6. The van der Waals surface area contributed by atoms with Crippen LogP contribution in [0.15, 0.2) is 235 Å². The molecule has 14 rings (SSSR count). The maximum absolute atomic E-state index is 6.78. The van der Waals surface area contributed by atoms with Crippen LogP contribution < -0.4 is 0 Å². The molecule has 0 unspecified atom stereocenters. The number of fused-ring (bicyclic) bond motifs is 11. The Morgan fingerprint density at radius 3 is 1.51 bits per heavy atom. The van der Waals surface area contributed by atoms with E-state index in [4.69, 9.17) is 19.4 Å². The van der Waals surface area contributed by atoms with E-state index in [-0.39, 0.29) is 0 Å². The molecule has 0 N–H and O–H groups in total. The summed E-state index contributed by atoms with van der Waals surface area (Å²) in [6.07, 6.45) is 0. The molecule has 11 aromatic carbocycles. The summed E-state index contributed by atoms with van der Waals surface area (Å²) in [5, 5.41) is 11.7. The molecule has 0 radical (unpaired) electrons. The first-order valence-electron chi connectivity index (χ1n) is 23.0. The van der Waals surface area contributed by atoms with Crippen LogP contribution in [0.1, 0.15) is 0 Å². The van der Waals surface area contributed by atoms with Gasteiger partial charge in [0.15, 0.2) is 17.5 Å². The SMILES string of the molecule is c1ccc(-c2cccc(-c3nc(-c4cccc(-c5ccccc5)c4)nc(-c4ccc5c(c4)oc4ccc6ccc(-n7c8cc9ccccc9cc8c8ccc9ccccc9c87)cc6c45)n3)c2)cc1. The second-order valence-corrected chi connectivity index (χ2v) is 17.6. The average Bonchev–Trinajstić information content (AvgIpc) is 3.96. The Morgan fingerprint density at radius 2 is 0.824 bits per heavy atom. The predicted molar refractivity (Wildman–Crippen MR) is 281 cm³/mol. The first-order chi connectivity index (χ1) is 33.7. The van der Waals surface area contributed by atoms with Crippen LogP contribution in [0.3, 0.4) is 0 Å². The fourth-order valence-electron chi connectivity index (χ4n) is 10.3. The van der Waals surface area contributed by atoms with Crippen molar-refractivity contribution in [1.82, 2.24) is 19.5 Å². The summed E-state index contributed by atoms with van der Waals surface area (Å²) in [7, 11) is 0. The lowest BCUT2D eigenvalue weighted by atomic mass is 10.0. The van der Waals surface area contributed by atoms with Gasteiger partial charge in [-0.05, 0) is 104 Å². The van der Waals surface area contributed by atoms with Gasteiger partial charge in [0.2, 0.25) is 0 Å². The maximum Gasteiger partial charge on any atom is 0.164 e. The quantitative estimate of drug-likeness (QED) is 0.167. The van der Waals surface area contributed by atoms with E-state index in [1.54, 1.807) is 0 Å². The molecule has 14 aromatic rings. The zero-order chi connectivity index (χ0) is 44.7. The summed E-state index contributed by atoms with van der Waals surface area (Å²) >= 11 is 0. The van der Waals surface area contributed by atoms with Crippen LogP contribution in [0.5, 0.6) is 0 Å².